The van der Waals surface area contributed by atoms with E-state index >= 15 is 0 Å². The highest BCUT2D eigenvalue weighted by Gasteiger charge is 2.46. The lowest BCUT2D eigenvalue weighted by atomic mass is 9.96. The van der Waals surface area contributed by atoms with E-state index in [0.29, 0.717) is 17.9 Å². The van der Waals surface area contributed by atoms with Gasteiger partial charge in [-0.15, -0.1) is 0 Å². The number of likely N-dealkylation sites (tertiary alicyclic amines) is 1. The molecule has 164 valence electrons. The summed E-state index contributed by atoms with van der Waals surface area (Å²) in [4.78, 5) is 31.4. The minimum Gasteiger partial charge on any atom is -0.507 e. The van der Waals surface area contributed by atoms with E-state index in [9.17, 15) is 14.7 Å². The normalized spacial score (nSPS) is 18.1. The zero-order valence-corrected chi connectivity index (χ0v) is 18.4. The highest BCUT2D eigenvalue weighted by molar-refractivity contribution is 6.47. The first-order valence-corrected chi connectivity index (χ1v) is 10.5. The number of Topliss-reactive ketones (excluding diaryl/α,β-unsaturated/α-hetero) is 1. The first kappa shape index (κ1) is 22.8. The lowest BCUT2D eigenvalue weighted by Gasteiger charge is -2.25. The van der Waals surface area contributed by atoms with Gasteiger partial charge >= 0.3 is 0 Å². The van der Waals surface area contributed by atoms with Crippen LogP contribution in [0.25, 0.3) is 5.76 Å². The van der Waals surface area contributed by atoms with Gasteiger partial charge in [0.15, 0.2) is 0 Å². The Kier molecular flexibility index (Phi) is 7.30. The summed E-state index contributed by atoms with van der Waals surface area (Å²) in [6.45, 7) is 6.48. The van der Waals surface area contributed by atoms with E-state index in [0.717, 1.165) is 0 Å². The van der Waals surface area contributed by atoms with Crippen LogP contribution in [0.1, 0.15) is 37.9 Å². The predicted molar refractivity (Wildman–Crippen MR) is 117 cm³/mol. The van der Waals surface area contributed by atoms with Gasteiger partial charge < -0.3 is 19.5 Å². The van der Waals surface area contributed by atoms with E-state index in [-0.39, 0.29) is 41.2 Å². The first-order valence-electron chi connectivity index (χ1n) is 10.1. The summed E-state index contributed by atoms with van der Waals surface area (Å²) < 4.78 is 11.1. The molecule has 2 heterocycles. The number of hydrogen-bond donors (Lipinski definition) is 1. The lowest BCUT2D eigenvalue weighted by Crippen LogP contribution is -2.33. The number of aliphatic hydroxyl groups is 1. The molecule has 1 aliphatic rings. The van der Waals surface area contributed by atoms with Gasteiger partial charge in [0.25, 0.3) is 11.7 Å². The van der Waals surface area contributed by atoms with Crippen LogP contribution in [0.15, 0.2) is 48.3 Å². The molecule has 0 bridgehead atoms. The molecule has 2 aromatic rings. The molecule has 0 spiro atoms. The molecule has 1 aliphatic heterocycles. The van der Waals surface area contributed by atoms with Crippen molar-refractivity contribution >= 4 is 29.1 Å². The second-order valence-electron chi connectivity index (χ2n) is 7.27. The minimum absolute atomic E-state index is 0.0197. The number of carbonyl (C=O) groups is 2. The van der Waals surface area contributed by atoms with E-state index in [1.54, 1.807) is 42.7 Å². The summed E-state index contributed by atoms with van der Waals surface area (Å²) in [5.41, 5.74) is 0.779. The number of hydrogen-bond acceptors (Lipinski definition) is 6. The Morgan fingerprint density at radius 1 is 1.29 bits per heavy atom. The maximum Gasteiger partial charge on any atom is 0.295 e. The molecule has 8 heteroatoms. The van der Waals surface area contributed by atoms with Gasteiger partial charge in [-0.3, -0.25) is 14.6 Å². The number of nitrogens with zero attached hydrogens (tertiary/aromatic N) is 2. The second-order valence-corrected chi connectivity index (χ2v) is 7.68. The fraction of sp³-hybridized carbons (Fsp3) is 0.348. The fourth-order valence-corrected chi connectivity index (χ4v) is 3.68. The molecular formula is C23H25ClN2O5. The van der Waals surface area contributed by atoms with Crippen molar-refractivity contribution in [2.75, 3.05) is 19.8 Å². The van der Waals surface area contributed by atoms with Crippen LogP contribution in [0.4, 0.5) is 0 Å². The molecule has 1 saturated heterocycles. The summed E-state index contributed by atoms with van der Waals surface area (Å²) in [5, 5.41) is 11.4. The van der Waals surface area contributed by atoms with Crippen molar-refractivity contribution in [3.63, 3.8) is 0 Å². The number of halogens is 1. The van der Waals surface area contributed by atoms with Gasteiger partial charge in [0, 0.05) is 24.5 Å². The number of ether oxygens (including phenoxy) is 2. The molecule has 1 aromatic heterocycles. The minimum atomic E-state index is -0.809. The van der Waals surface area contributed by atoms with E-state index in [2.05, 4.69) is 4.98 Å². The third kappa shape index (κ3) is 4.89. The van der Waals surface area contributed by atoms with Crippen molar-refractivity contribution in [2.24, 2.45) is 0 Å². The summed E-state index contributed by atoms with van der Waals surface area (Å²) in [6, 6.07) is 7.46. The van der Waals surface area contributed by atoms with E-state index < -0.39 is 17.7 Å². The largest absolute Gasteiger partial charge is 0.507 e. The Labute approximate surface area is 186 Å². The summed E-state index contributed by atoms with van der Waals surface area (Å²) in [6.07, 6.45) is 3.15. The van der Waals surface area contributed by atoms with Crippen LogP contribution in [-0.2, 0) is 14.3 Å². The van der Waals surface area contributed by atoms with Gasteiger partial charge in [0.2, 0.25) is 0 Å². The number of pyridine rings is 1. The average molecular weight is 445 g/mol. The second kappa shape index (κ2) is 9.94. The van der Waals surface area contributed by atoms with Gasteiger partial charge in [-0.05, 0) is 50.6 Å². The predicted octanol–water partition coefficient (Wildman–Crippen LogP) is 3.98. The van der Waals surface area contributed by atoms with Gasteiger partial charge in [0.05, 0.1) is 36.0 Å². The summed E-state index contributed by atoms with van der Waals surface area (Å²) in [5.74, 6) is -1.36. The Bertz CT molecular complexity index is 991. The molecule has 1 aromatic carbocycles. The molecule has 1 N–H and O–H groups in total. The summed E-state index contributed by atoms with van der Waals surface area (Å²) in [7, 11) is 0. The van der Waals surface area contributed by atoms with Crippen molar-refractivity contribution in [1.29, 1.82) is 0 Å². The molecule has 3 rings (SSSR count). The van der Waals surface area contributed by atoms with Crippen molar-refractivity contribution in [1.82, 2.24) is 9.88 Å². The third-order valence-electron chi connectivity index (χ3n) is 4.83. The Hall–Kier alpha value is -2.90. The quantitative estimate of drug-likeness (QED) is 0.376. The number of amides is 1. The SMILES string of the molecule is CCOc1ccc(Cl)c(/C(O)=C2\C(=O)C(=O)N(CCOC(C)C)C2c2cccnc2)c1. The Morgan fingerprint density at radius 2 is 2.06 bits per heavy atom. The van der Waals surface area contributed by atoms with Crippen LogP contribution < -0.4 is 4.74 Å². The van der Waals surface area contributed by atoms with E-state index in [1.807, 2.05) is 20.8 Å². The van der Waals surface area contributed by atoms with Crippen LogP contribution in [0.2, 0.25) is 5.02 Å². The molecular weight excluding hydrogens is 420 g/mol. The van der Waals surface area contributed by atoms with Crippen LogP contribution >= 0.6 is 11.6 Å². The van der Waals surface area contributed by atoms with Crippen molar-refractivity contribution in [3.8, 4) is 5.75 Å². The van der Waals surface area contributed by atoms with Gasteiger partial charge in [-0.1, -0.05) is 17.7 Å². The molecule has 0 aliphatic carbocycles. The van der Waals surface area contributed by atoms with Crippen LogP contribution in [0, 0.1) is 0 Å². The van der Waals surface area contributed by atoms with Crippen LogP contribution in [0.3, 0.4) is 0 Å². The summed E-state index contributed by atoms with van der Waals surface area (Å²) >= 11 is 6.31. The third-order valence-corrected chi connectivity index (χ3v) is 5.16. The number of ketones is 1. The van der Waals surface area contributed by atoms with Crippen molar-refractivity contribution in [3.05, 3.63) is 64.4 Å². The standard InChI is InChI=1S/C23H25ClN2O5/c1-4-30-16-7-8-18(24)17(12-16)21(27)19-20(15-6-5-9-25-13-15)26(23(29)22(19)28)10-11-31-14(2)3/h5-9,12-14,20,27H,4,10-11H2,1-3H3/b21-19+. The van der Waals surface area contributed by atoms with Gasteiger partial charge in [-0.25, -0.2) is 0 Å². The zero-order chi connectivity index (χ0) is 22.5. The van der Waals surface area contributed by atoms with Crippen LogP contribution in [-0.4, -0.2) is 52.5 Å². The van der Waals surface area contributed by atoms with Gasteiger partial charge in [0.1, 0.15) is 11.5 Å². The Morgan fingerprint density at radius 3 is 2.71 bits per heavy atom. The first-order chi connectivity index (χ1) is 14.8. The van der Waals surface area contributed by atoms with Crippen LogP contribution in [0.5, 0.6) is 5.75 Å². The monoisotopic (exact) mass is 444 g/mol. The number of aromatic nitrogens is 1. The lowest BCUT2D eigenvalue weighted by molar-refractivity contribution is -0.140. The maximum absolute atomic E-state index is 13.0. The van der Waals surface area contributed by atoms with E-state index in [1.165, 1.54) is 4.90 Å². The number of carbonyl (C=O) groups excluding carboxylic acids is 2. The number of rotatable bonds is 8. The number of benzene rings is 1. The molecule has 7 nitrogen and oxygen atoms in total. The maximum atomic E-state index is 13.0. The Balaban J connectivity index is 2.11. The van der Waals surface area contributed by atoms with Gasteiger partial charge in [-0.2, -0.15) is 0 Å². The molecule has 31 heavy (non-hydrogen) atoms. The molecule has 1 fully saturated rings. The molecule has 0 radical (unpaired) electrons. The fourth-order valence-electron chi connectivity index (χ4n) is 3.47. The van der Waals surface area contributed by atoms with Crippen molar-refractivity contribution in [2.45, 2.75) is 32.9 Å². The van der Waals surface area contributed by atoms with E-state index in [4.69, 9.17) is 21.1 Å². The molecule has 1 amide bonds. The number of aliphatic hydroxyl groups excluding tert-OH is 1. The molecule has 1 atom stereocenters. The molecule has 0 saturated carbocycles. The van der Waals surface area contributed by atoms with Crippen molar-refractivity contribution < 1.29 is 24.2 Å². The topological polar surface area (TPSA) is 89.0 Å². The average Bonchev–Trinajstić information content (AvgIpc) is 3.00. The molecule has 1 unspecified atom stereocenters. The highest BCUT2D eigenvalue weighted by atomic mass is 35.5. The zero-order valence-electron chi connectivity index (χ0n) is 17.7. The highest BCUT2D eigenvalue weighted by Crippen LogP contribution is 2.40. The smallest absolute Gasteiger partial charge is 0.295 e.